The molecule has 1 aromatic heterocycles. The van der Waals surface area contributed by atoms with Crippen LogP contribution < -0.4 is 10.6 Å². The summed E-state index contributed by atoms with van der Waals surface area (Å²) in [5.41, 5.74) is 1.58. The molecule has 3 fully saturated rings. The van der Waals surface area contributed by atoms with Crippen molar-refractivity contribution in [3.05, 3.63) is 18.0 Å². The number of aryl methyl sites for hydroxylation is 1. The number of aromatic nitrogens is 2. The van der Waals surface area contributed by atoms with Crippen LogP contribution in [0.3, 0.4) is 0 Å². The number of carbonyl (C=O) groups excluding carboxylic acids is 1. The van der Waals surface area contributed by atoms with Crippen molar-refractivity contribution in [2.24, 2.45) is 11.3 Å². The molecular weight excluding hydrogens is 314 g/mol. The Bertz CT molecular complexity index is 599. The summed E-state index contributed by atoms with van der Waals surface area (Å²) in [6.45, 7) is 8.07. The average molecular weight is 345 g/mol. The molecule has 0 bridgehead atoms. The van der Waals surface area contributed by atoms with Gasteiger partial charge in [0.05, 0.1) is 12.2 Å². The van der Waals surface area contributed by atoms with Crippen molar-refractivity contribution in [3.8, 4) is 0 Å². The van der Waals surface area contributed by atoms with Gasteiger partial charge in [0.1, 0.15) is 0 Å². The minimum absolute atomic E-state index is 0.0448. The highest BCUT2D eigenvalue weighted by atomic mass is 16.2. The van der Waals surface area contributed by atoms with Gasteiger partial charge in [-0.25, -0.2) is 0 Å². The zero-order chi connectivity index (χ0) is 17.3. The topological polar surface area (TPSA) is 62.2 Å². The van der Waals surface area contributed by atoms with Crippen LogP contribution in [0, 0.1) is 18.3 Å². The third-order valence-electron chi connectivity index (χ3n) is 6.46. The van der Waals surface area contributed by atoms with Gasteiger partial charge in [0.2, 0.25) is 5.91 Å². The lowest BCUT2D eigenvalue weighted by atomic mass is 9.77. The molecule has 6 nitrogen and oxygen atoms in total. The van der Waals surface area contributed by atoms with E-state index >= 15 is 0 Å². The lowest BCUT2D eigenvalue weighted by molar-refractivity contribution is -0.134. The van der Waals surface area contributed by atoms with Gasteiger partial charge in [-0.1, -0.05) is 0 Å². The summed E-state index contributed by atoms with van der Waals surface area (Å²) in [5.74, 6) is 0.972. The highest BCUT2D eigenvalue weighted by Crippen LogP contribution is 2.38. The maximum absolute atomic E-state index is 12.9. The number of nitrogens with zero attached hydrogens (tertiary/aromatic N) is 3. The first-order valence-electron chi connectivity index (χ1n) is 9.86. The Balaban J connectivity index is 1.27. The van der Waals surface area contributed by atoms with Gasteiger partial charge in [-0.05, 0) is 69.0 Å². The van der Waals surface area contributed by atoms with Gasteiger partial charge in [-0.15, -0.1) is 0 Å². The first kappa shape index (κ1) is 17.0. The van der Waals surface area contributed by atoms with Gasteiger partial charge in [0.15, 0.2) is 0 Å². The molecule has 4 rings (SSSR count). The standard InChI is InChI=1S/C19H31N5O/c1-15-11-22-24(12-15)13-16-2-8-23(9-3-16)18(25)17-10-19(14-21-17)4-6-20-7-5-19/h11-12,16-17,20-21H,2-10,13-14H2,1H3/t17-/m1/s1. The number of likely N-dealkylation sites (tertiary alicyclic amines) is 1. The molecule has 0 radical (unpaired) electrons. The second-order valence-electron chi connectivity index (χ2n) is 8.40. The van der Waals surface area contributed by atoms with Crippen LogP contribution in [0.25, 0.3) is 0 Å². The minimum atomic E-state index is 0.0448. The van der Waals surface area contributed by atoms with Crippen molar-refractivity contribution >= 4 is 5.91 Å². The summed E-state index contributed by atoms with van der Waals surface area (Å²) in [4.78, 5) is 15.0. The predicted molar refractivity (Wildman–Crippen MR) is 97.2 cm³/mol. The van der Waals surface area contributed by atoms with Crippen LogP contribution >= 0.6 is 0 Å². The van der Waals surface area contributed by atoms with E-state index in [-0.39, 0.29) is 6.04 Å². The third-order valence-corrected chi connectivity index (χ3v) is 6.46. The van der Waals surface area contributed by atoms with Crippen molar-refractivity contribution in [1.82, 2.24) is 25.3 Å². The maximum atomic E-state index is 12.9. The number of nitrogens with one attached hydrogen (secondary N) is 2. The summed E-state index contributed by atoms with van der Waals surface area (Å²) in [5, 5.41) is 11.4. The summed E-state index contributed by atoms with van der Waals surface area (Å²) in [6.07, 6.45) is 9.64. The summed E-state index contributed by atoms with van der Waals surface area (Å²) in [7, 11) is 0. The lowest BCUT2D eigenvalue weighted by Gasteiger charge is -2.35. The van der Waals surface area contributed by atoms with E-state index in [1.807, 2.05) is 6.20 Å². The summed E-state index contributed by atoms with van der Waals surface area (Å²) in [6, 6.07) is 0.0448. The normalized spacial score (nSPS) is 27.1. The number of piperidine rings is 2. The predicted octanol–water partition coefficient (Wildman–Crippen LogP) is 1.16. The van der Waals surface area contributed by atoms with Crippen molar-refractivity contribution < 1.29 is 4.79 Å². The van der Waals surface area contributed by atoms with E-state index in [4.69, 9.17) is 0 Å². The number of carbonyl (C=O) groups is 1. The molecule has 0 aromatic carbocycles. The molecular formula is C19H31N5O. The first-order chi connectivity index (χ1) is 12.1. The highest BCUT2D eigenvalue weighted by Gasteiger charge is 2.43. The second kappa shape index (κ2) is 7.08. The highest BCUT2D eigenvalue weighted by molar-refractivity contribution is 5.82. The largest absolute Gasteiger partial charge is 0.341 e. The zero-order valence-electron chi connectivity index (χ0n) is 15.3. The van der Waals surface area contributed by atoms with Crippen molar-refractivity contribution in [1.29, 1.82) is 0 Å². The van der Waals surface area contributed by atoms with Crippen molar-refractivity contribution in [3.63, 3.8) is 0 Å². The Morgan fingerprint density at radius 3 is 2.76 bits per heavy atom. The fourth-order valence-corrected chi connectivity index (χ4v) is 4.82. The number of hydrogen-bond donors (Lipinski definition) is 2. The first-order valence-corrected chi connectivity index (χ1v) is 9.86. The van der Waals surface area contributed by atoms with Crippen LogP contribution in [0.5, 0.6) is 0 Å². The fraction of sp³-hybridized carbons (Fsp3) is 0.789. The minimum Gasteiger partial charge on any atom is -0.341 e. The van der Waals surface area contributed by atoms with Crippen LogP contribution in [0.2, 0.25) is 0 Å². The quantitative estimate of drug-likeness (QED) is 0.863. The monoisotopic (exact) mass is 345 g/mol. The SMILES string of the molecule is Cc1cnn(CC2CCN(C(=O)[C@H]3CC4(CCNCC4)CN3)CC2)c1. The molecule has 0 unspecified atom stereocenters. The third kappa shape index (κ3) is 3.75. The number of rotatable bonds is 3. The molecule has 1 amide bonds. The molecule has 1 atom stereocenters. The Morgan fingerprint density at radius 2 is 2.08 bits per heavy atom. The Hall–Kier alpha value is -1.40. The molecule has 3 saturated heterocycles. The van der Waals surface area contributed by atoms with Gasteiger partial charge in [0.25, 0.3) is 0 Å². The molecule has 0 saturated carbocycles. The van der Waals surface area contributed by atoms with Crippen LogP contribution in [0.1, 0.15) is 37.7 Å². The van der Waals surface area contributed by atoms with E-state index in [2.05, 4.69) is 38.4 Å². The smallest absolute Gasteiger partial charge is 0.239 e. The molecule has 25 heavy (non-hydrogen) atoms. The average Bonchev–Trinajstić information content (AvgIpc) is 3.22. The molecule has 1 aromatic rings. The van der Waals surface area contributed by atoms with Gasteiger partial charge < -0.3 is 15.5 Å². The van der Waals surface area contributed by atoms with E-state index in [1.54, 1.807) is 0 Å². The van der Waals surface area contributed by atoms with E-state index in [0.29, 0.717) is 17.2 Å². The van der Waals surface area contributed by atoms with E-state index in [0.717, 1.165) is 58.5 Å². The molecule has 4 heterocycles. The maximum Gasteiger partial charge on any atom is 0.239 e. The lowest BCUT2D eigenvalue weighted by Crippen LogP contribution is -2.47. The fourth-order valence-electron chi connectivity index (χ4n) is 4.82. The molecule has 2 N–H and O–H groups in total. The second-order valence-corrected chi connectivity index (χ2v) is 8.40. The van der Waals surface area contributed by atoms with Crippen LogP contribution in [-0.2, 0) is 11.3 Å². The zero-order valence-corrected chi connectivity index (χ0v) is 15.3. The van der Waals surface area contributed by atoms with E-state index in [1.165, 1.54) is 18.4 Å². The van der Waals surface area contributed by atoms with Crippen LogP contribution in [-0.4, -0.2) is 59.4 Å². The summed E-state index contributed by atoms with van der Waals surface area (Å²) < 4.78 is 2.05. The Morgan fingerprint density at radius 1 is 1.32 bits per heavy atom. The molecule has 6 heteroatoms. The molecule has 1 spiro atoms. The van der Waals surface area contributed by atoms with E-state index in [9.17, 15) is 4.79 Å². The van der Waals surface area contributed by atoms with Gasteiger partial charge in [0, 0.05) is 32.4 Å². The number of amides is 1. The van der Waals surface area contributed by atoms with Gasteiger partial charge in [-0.3, -0.25) is 9.48 Å². The van der Waals surface area contributed by atoms with Crippen molar-refractivity contribution in [2.75, 3.05) is 32.7 Å². The van der Waals surface area contributed by atoms with Crippen molar-refractivity contribution in [2.45, 2.75) is 51.6 Å². The van der Waals surface area contributed by atoms with Gasteiger partial charge >= 0.3 is 0 Å². The molecule has 0 aliphatic carbocycles. The van der Waals surface area contributed by atoms with E-state index < -0.39 is 0 Å². The van der Waals surface area contributed by atoms with Crippen LogP contribution in [0.15, 0.2) is 12.4 Å². The Kier molecular flexibility index (Phi) is 4.82. The van der Waals surface area contributed by atoms with Gasteiger partial charge in [-0.2, -0.15) is 5.10 Å². The van der Waals surface area contributed by atoms with Crippen LogP contribution in [0.4, 0.5) is 0 Å². The number of hydrogen-bond acceptors (Lipinski definition) is 4. The molecule has 138 valence electrons. The summed E-state index contributed by atoms with van der Waals surface area (Å²) >= 11 is 0. The molecule has 3 aliphatic rings. The Labute approximate surface area is 150 Å². The molecule has 3 aliphatic heterocycles.